The van der Waals surface area contributed by atoms with Crippen molar-refractivity contribution in [3.05, 3.63) is 53.4 Å². The van der Waals surface area contributed by atoms with Gasteiger partial charge in [-0.05, 0) is 42.7 Å². The fraction of sp³-hybridized carbons (Fsp3) is 0.263. The number of benzene rings is 1. The maximum Gasteiger partial charge on any atom is 0.516 e. The fourth-order valence-corrected chi connectivity index (χ4v) is 3.61. The van der Waals surface area contributed by atoms with Gasteiger partial charge in [-0.1, -0.05) is 25.4 Å². The van der Waals surface area contributed by atoms with Crippen molar-refractivity contribution in [2.45, 2.75) is 25.8 Å². The van der Waals surface area contributed by atoms with E-state index in [1.54, 1.807) is 12.4 Å². The maximum absolute atomic E-state index is 12.5. The highest BCUT2D eigenvalue weighted by molar-refractivity contribution is 7.93. The average molecular weight is 459 g/mol. The van der Waals surface area contributed by atoms with Crippen molar-refractivity contribution in [3.8, 4) is 22.6 Å². The number of rotatable bonds is 6. The lowest BCUT2D eigenvalue weighted by atomic mass is 10.1. The summed E-state index contributed by atoms with van der Waals surface area (Å²) >= 11 is 6.17. The molecule has 0 unspecified atom stereocenters. The lowest BCUT2D eigenvalue weighted by Gasteiger charge is -2.11. The van der Waals surface area contributed by atoms with Crippen LogP contribution in [0.2, 0.25) is 5.02 Å². The van der Waals surface area contributed by atoms with Crippen LogP contribution < -0.4 is 4.72 Å². The first-order valence-corrected chi connectivity index (χ1v) is 10.7. The summed E-state index contributed by atoms with van der Waals surface area (Å²) in [7, 11) is -5.52. The van der Waals surface area contributed by atoms with Gasteiger partial charge in [-0.3, -0.25) is 9.71 Å². The van der Waals surface area contributed by atoms with Crippen molar-refractivity contribution in [1.82, 2.24) is 15.0 Å². The zero-order valence-electron chi connectivity index (χ0n) is 16.0. The van der Waals surface area contributed by atoms with Crippen LogP contribution in [0, 0.1) is 5.92 Å². The van der Waals surface area contributed by atoms with Crippen LogP contribution in [-0.2, 0) is 16.4 Å². The topological polar surface area (TPSA) is 87.7 Å². The molecule has 30 heavy (non-hydrogen) atoms. The largest absolute Gasteiger partial charge is 0.516 e. The summed E-state index contributed by atoms with van der Waals surface area (Å²) in [5.41, 5.74) is -2.97. The Balaban J connectivity index is 1.86. The Hall–Kier alpha value is -2.59. The van der Waals surface area contributed by atoms with Crippen LogP contribution in [0.4, 0.5) is 18.9 Å². The first-order valence-electron chi connectivity index (χ1n) is 8.85. The molecule has 2 heterocycles. The molecular weight excluding hydrogens is 441 g/mol. The number of aromatic nitrogens is 3. The van der Waals surface area contributed by atoms with Gasteiger partial charge in [0.2, 0.25) is 0 Å². The van der Waals surface area contributed by atoms with Crippen molar-refractivity contribution in [2.75, 3.05) is 4.72 Å². The molecule has 0 aliphatic carbocycles. The molecule has 0 atom stereocenters. The van der Waals surface area contributed by atoms with E-state index in [4.69, 9.17) is 11.6 Å². The van der Waals surface area contributed by atoms with E-state index in [9.17, 15) is 21.6 Å². The van der Waals surface area contributed by atoms with Crippen LogP contribution in [-0.4, -0.2) is 28.9 Å². The summed E-state index contributed by atoms with van der Waals surface area (Å²) in [5.74, 6) is 1.03. The number of hydrogen-bond acceptors (Lipinski definition) is 4. The van der Waals surface area contributed by atoms with Gasteiger partial charge < -0.3 is 4.98 Å². The Morgan fingerprint density at radius 3 is 2.53 bits per heavy atom. The predicted octanol–water partition coefficient (Wildman–Crippen LogP) is 5.25. The number of H-pyrrole nitrogens is 1. The Morgan fingerprint density at radius 2 is 1.90 bits per heavy atom. The zero-order chi connectivity index (χ0) is 22.1. The first kappa shape index (κ1) is 22.1. The van der Waals surface area contributed by atoms with Gasteiger partial charge in [0.25, 0.3) is 0 Å². The van der Waals surface area contributed by atoms with E-state index >= 15 is 0 Å². The number of pyridine rings is 1. The third-order valence-corrected chi connectivity index (χ3v) is 5.53. The van der Waals surface area contributed by atoms with Crippen molar-refractivity contribution >= 4 is 27.3 Å². The van der Waals surface area contributed by atoms with E-state index in [0.717, 1.165) is 23.7 Å². The highest BCUT2D eigenvalue weighted by atomic mass is 35.5. The smallest absolute Gasteiger partial charge is 0.338 e. The molecule has 0 aliphatic heterocycles. The molecule has 6 nitrogen and oxygen atoms in total. The van der Waals surface area contributed by atoms with Gasteiger partial charge in [0.1, 0.15) is 5.82 Å². The van der Waals surface area contributed by atoms with Gasteiger partial charge in [-0.25, -0.2) is 4.98 Å². The van der Waals surface area contributed by atoms with Crippen molar-refractivity contribution in [2.24, 2.45) is 5.92 Å². The Kier molecular flexibility index (Phi) is 6.09. The summed E-state index contributed by atoms with van der Waals surface area (Å²) in [5, 5.41) is 0.0581. The van der Waals surface area contributed by atoms with E-state index in [2.05, 4.69) is 28.8 Å². The van der Waals surface area contributed by atoms with E-state index < -0.39 is 15.5 Å². The van der Waals surface area contributed by atoms with Crippen LogP contribution in [0.5, 0.6) is 0 Å². The number of halogens is 4. The maximum atomic E-state index is 12.5. The minimum atomic E-state index is -5.52. The second-order valence-electron chi connectivity index (χ2n) is 7.03. The second kappa shape index (κ2) is 8.27. The van der Waals surface area contributed by atoms with Crippen molar-refractivity contribution < 1.29 is 21.6 Å². The molecule has 0 spiro atoms. The molecule has 3 rings (SSSR count). The molecular formula is C19H18ClF3N4O2S. The van der Waals surface area contributed by atoms with E-state index in [1.165, 1.54) is 16.9 Å². The highest BCUT2D eigenvalue weighted by Gasteiger charge is 2.46. The number of hydrogen-bond donors (Lipinski definition) is 2. The van der Waals surface area contributed by atoms with E-state index in [0.29, 0.717) is 23.0 Å². The minimum Gasteiger partial charge on any atom is -0.338 e. The SMILES string of the molecule is CC(C)Cc1cc(-c2ncc(-c3ccc(NS(=O)(=O)C(F)(F)F)cc3Cl)[nH]2)ccn1. The zero-order valence-corrected chi connectivity index (χ0v) is 17.5. The van der Waals surface area contributed by atoms with Crippen LogP contribution in [0.25, 0.3) is 22.6 Å². The lowest BCUT2D eigenvalue weighted by Crippen LogP contribution is -2.29. The summed E-state index contributed by atoms with van der Waals surface area (Å²) in [6.45, 7) is 4.19. The van der Waals surface area contributed by atoms with Gasteiger partial charge in [0.15, 0.2) is 0 Å². The number of alkyl halides is 3. The number of sulfonamides is 1. The third-order valence-electron chi connectivity index (χ3n) is 4.10. The summed E-state index contributed by atoms with van der Waals surface area (Å²) < 4.78 is 61.5. The van der Waals surface area contributed by atoms with Gasteiger partial charge in [-0.2, -0.15) is 21.6 Å². The minimum absolute atomic E-state index is 0.0581. The van der Waals surface area contributed by atoms with Crippen LogP contribution in [0.15, 0.2) is 42.7 Å². The molecule has 160 valence electrons. The first-order chi connectivity index (χ1) is 14.0. The van der Waals surface area contributed by atoms with Crippen molar-refractivity contribution in [1.29, 1.82) is 0 Å². The molecule has 0 fully saturated rings. The second-order valence-corrected chi connectivity index (χ2v) is 9.11. The third kappa shape index (κ3) is 4.93. The summed E-state index contributed by atoms with van der Waals surface area (Å²) in [6.07, 6.45) is 4.06. The monoisotopic (exact) mass is 458 g/mol. The van der Waals surface area contributed by atoms with Crippen LogP contribution >= 0.6 is 11.6 Å². The molecule has 0 bridgehead atoms. The fourth-order valence-electron chi connectivity index (χ4n) is 2.77. The molecule has 0 saturated carbocycles. The Morgan fingerprint density at radius 1 is 1.17 bits per heavy atom. The van der Waals surface area contributed by atoms with Gasteiger partial charge in [0, 0.05) is 23.0 Å². The molecule has 1 aromatic carbocycles. The number of nitrogens with one attached hydrogen (secondary N) is 2. The Bertz CT molecular complexity index is 1160. The van der Waals surface area contributed by atoms with Gasteiger partial charge in [-0.15, -0.1) is 0 Å². The van der Waals surface area contributed by atoms with E-state index in [-0.39, 0.29) is 10.7 Å². The highest BCUT2D eigenvalue weighted by Crippen LogP contribution is 2.32. The molecule has 2 N–H and O–H groups in total. The lowest BCUT2D eigenvalue weighted by molar-refractivity contribution is -0.0429. The number of imidazole rings is 1. The predicted molar refractivity (Wildman–Crippen MR) is 109 cm³/mol. The standard InChI is InChI=1S/C19H18ClF3N4O2S/c1-11(2)7-14-8-12(5-6-24-14)18-25-10-17(26-18)15-4-3-13(9-16(15)20)27-30(28,29)19(21,22)23/h3-6,8-11,27H,7H2,1-2H3,(H,25,26). The molecule has 11 heteroatoms. The van der Waals surface area contributed by atoms with Gasteiger partial charge in [0.05, 0.1) is 22.6 Å². The molecule has 2 aromatic heterocycles. The summed E-state index contributed by atoms with van der Waals surface area (Å²) in [6, 6.07) is 7.44. The van der Waals surface area contributed by atoms with Crippen LogP contribution in [0.3, 0.4) is 0 Å². The normalized spacial score (nSPS) is 12.4. The van der Waals surface area contributed by atoms with E-state index in [1.807, 2.05) is 12.1 Å². The molecule has 0 saturated heterocycles. The molecule has 0 radical (unpaired) electrons. The molecule has 0 amide bonds. The summed E-state index contributed by atoms with van der Waals surface area (Å²) in [4.78, 5) is 11.8. The number of nitrogens with zero attached hydrogens (tertiary/aromatic N) is 2. The number of aromatic amines is 1. The van der Waals surface area contributed by atoms with Gasteiger partial charge >= 0.3 is 15.5 Å². The Labute approximate surface area is 176 Å². The molecule has 3 aromatic rings. The van der Waals surface area contributed by atoms with Crippen molar-refractivity contribution in [3.63, 3.8) is 0 Å². The van der Waals surface area contributed by atoms with Crippen LogP contribution in [0.1, 0.15) is 19.5 Å². The molecule has 0 aliphatic rings. The quantitative estimate of drug-likeness (QED) is 0.528. The average Bonchev–Trinajstić information content (AvgIpc) is 3.10. The number of anilines is 1.